The highest BCUT2D eigenvalue weighted by atomic mass is 16.5. The molecule has 0 saturated carbocycles. The molecule has 1 aliphatic rings. The molecule has 1 heterocycles. The lowest BCUT2D eigenvalue weighted by Gasteiger charge is -2.24. The number of nitrogens with two attached hydrogens (primary N) is 1. The molecule has 118 valence electrons. The molecule has 0 saturated heterocycles. The van der Waals surface area contributed by atoms with Crippen molar-refractivity contribution in [3.63, 3.8) is 0 Å². The Balaban J connectivity index is 2.15. The van der Waals surface area contributed by atoms with Gasteiger partial charge >= 0.3 is 0 Å². The average Bonchev–Trinajstić information content (AvgIpc) is 2.87. The molecule has 4 nitrogen and oxygen atoms in total. The summed E-state index contributed by atoms with van der Waals surface area (Å²) in [5.41, 5.74) is 8.57. The lowest BCUT2D eigenvalue weighted by molar-refractivity contribution is 0.212. The Hall–Kier alpha value is -1.26. The molecular weight excluding hydrogens is 264 g/mol. The zero-order valence-electron chi connectivity index (χ0n) is 13.5. The van der Waals surface area contributed by atoms with Crippen molar-refractivity contribution in [1.82, 2.24) is 4.90 Å². The predicted octanol–water partition coefficient (Wildman–Crippen LogP) is 3.10. The largest absolute Gasteiger partial charge is 0.497 e. The van der Waals surface area contributed by atoms with Crippen LogP contribution in [0, 0.1) is 0 Å². The number of nitrogens with zero attached hydrogens (tertiary/aromatic N) is 1. The molecule has 1 unspecified atom stereocenters. The van der Waals surface area contributed by atoms with Crippen molar-refractivity contribution in [3.05, 3.63) is 23.3 Å². The van der Waals surface area contributed by atoms with Crippen molar-refractivity contribution in [3.8, 4) is 11.5 Å². The van der Waals surface area contributed by atoms with Gasteiger partial charge in [-0.15, -0.1) is 0 Å². The van der Waals surface area contributed by atoms with Crippen molar-refractivity contribution in [2.45, 2.75) is 45.2 Å². The molecule has 0 bridgehead atoms. The third-order valence-corrected chi connectivity index (χ3v) is 4.33. The lowest BCUT2D eigenvalue weighted by Crippen LogP contribution is -2.29. The van der Waals surface area contributed by atoms with Crippen LogP contribution in [-0.4, -0.2) is 32.2 Å². The van der Waals surface area contributed by atoms with E-state index in [1.165, 1.54) is 36.8 Å². The van der Waals surface area contributed by atoms with E-state index in [1.807, 2.05) is 6.07 Å². The lowest BCUT2D eigenvalue weighted by atomic mass is 10.0. The highest BCUT2D eigenvalue weighted by Crippen LogP contribution is 2.41. The first-order valence-corrected chi connectivity index (χ1v) is 7.94. The molecule has 0 aliphatic carbocycles. The maximum Gasteiger partial charge on any atom is 0.127 e. The van der Waals surface area contributed by atoms with E-state index in [0.717, 1.165) is 24.6 Å². The summed E-state index contributed by atoms with van der Waals surface area (Å²) in [4.78, 5) is 2.47. The van der Waals surface area contributed by atoms with Gasteiger partial charge in [-0.3, -0.25) is 4.90 Å². The number of hydrogen-bond acceptors (Lipinski definition) is 4. The number of rotatable bonds is 8. The van der Waals surface area contributed by atoms with Crippen molar-refractivity contribution in [1.29, 1.82) is 0 Å². The Labute approximate surface area is 128 Å². The van der Waals surface area contributed by atoms with E-state index in [4.69, 9.17) is 15.2 Å². The highest BCUT2D eigenvalue weighted by molar-refractivity contribution is 5.50. The molecule has 1 aromatic rings. The summed E-state index contributed by atoms with van der Waals surface area (Å²) >= 11 is 0. The Bertz CT molecular complexity index is 462. The Kier molecular flexibility index (Phi) is 5.88. The van der Waals surface area contributed by atoms with Gasteiger partial charge in [0.2, 0.25) is 0 Å². The number of hydrogen-bond donors (Lipinski definition) is 1. The van der Waals surface area contributed by atoms with Gasteiger partial charge in [-0.25, -0.2) is 0 Å². The van der Waals surface area contributed by atoms with Crippen LogP contribution in [0.5, 0.6) is 11.5 Å². The number of methoxy groups -OCH3 is 2. The number of ether oxygens (including phenoxy) is 2. The van der Waals surface area contributed by atoms with Crippen molar-refractivity contribution in [2.24, 2.45) is 5.73 Å². The van der Waals surface area contributed by atoms with E-state index in [-0.39, 0.29) is 6.04 Å². The fourth-order valence-corrected chi connectivity index (χ4v) is 3.21. The Morgan fingerprint density at radius 3 is 2.62 bits per heavy atom. The molecule has 0 radical (unpaired) electrons. The third-order valence-electron chi connectivity index (χ3n) is 4.33. The van der Waals surface area contributed by atoms with E-state index in [2.05, 4.69) is 17.9 Å². The maximum absolute atomic E-state index is 6.04. The summed E-state index contributed by atoms with van der Waals surface area (Å²) in [6, 6.07) is 4.34. The van der Waals surface area contributed by atoms with Gasteiger partial charge in [0, 0.05) is 24.7 Å². The van der Waals surface area contributed by atoms with E-state index >= 15 is 0 Å². The van der Waals surface area contributed by atoms with Crippen molar-refractivity contribution >= 4 is 0 Å². The molecule has 2 N–H and O–H groups in total. The van der Waals surface area contributed by atoms with E-state index < -0.39 is 0 Å². The van der Waals surface area contributed by atoms with Gasteiger partial charge in [-0.1, -0.05) is 26.2 Å². The smallest absolute Gasteiger partial charge is 0.127 e. The molecule has 0 spiro atoms. The average molecular weight is 292 g/mol. The molecule has 2 rings (SSSR count). The molecule has 1 aromatic carbocycles. The van der Waals surface area contributed by atoms with Crippen LogP contribution < -0.4 is 15.2 Å². The number of fused-ring (bicyclic) bond motifs is 1. The van der Waals surface area contributed by atoms with Crippen LogP contribution in [0.3, 0.4) is 0 Å². The highest BCUT2D eigenvalue weighted by Gasteiger charge is 2.32. The summed E-state index contributed by atoms with van der Waals surface area (Å²) in [6.45, 7) is 4.91. The summed E-state index contributed by atoms with van der Waals surface area (Å²) in [7, 11) is 3.41. The fourth-order valence-electron chi connectivity index (χ4n) is 3.21. The van der Waals surface area contributed by atoms with Crippen LogP contribution in [0.25, 0.3) is 0 Å². The number of benzene rings is 1. The van der Waals surface area contributed by atoms with Crippen LogP contribution in [0.1, 0.15) is 49.8 Å². The molecule has 1 aliphatic heterocycles. The summed E-state index contributed by atoms with van der Waals surface area (Å²) in [5, 5.41) is 0. The SMILES string of the molecule is CCCCCCN1Cc2cc(OC)cc(OC)c2C1CN. The second-order valence-corrected chi connectivity index (χ2v) is 5.69. The van der Waals surface area contributed by atoms with Crippen molar-refractivity contribution in [2.75, 3.05) is 27.3 Å². The van der Waals surface area contributed by atoms with Crippen molar-refractivity contribution < 1.29 is 9.47 Å². The monoisotopic (exact) mass is 292 g/mol. The molecular formula is C17H28N2O2. The first-order chi connectivity index (χ1) is 10.2. The normalized spacial score (nSPS) is 17.8. The molecule has 1 atom stereocenters. The van der Waals surface area contributed by atoms with Crippen LogP contribution in [0.4, 0.5) is 0 Å². The minimum absolute atomic E-state index is 0.266. The van der Waals surface area contributed by atoms with Gasteiger partial charge in [0.25, 0.3) is 0 Å². The molecule has 4 heteroatoms. The minimum Gasteiger partial charge on any atom is -0.497 e. The zero-order chi connectivity index (χ0) is 15.2. The maximum atomic E-state index is 6.04. The summed E-state index contributed by atoms with van der Waals surface area (Å²) in [5.74, 6) is 1.75. The fraction of sp³-hybridized carbons (Fsp3) is 0.647. The topological polar surface area (TPSA) is 47.7 Å². The second kappa shape index (κ2) is 7.66. The second-order valence-electron chi connectivity index (χ2n) is 5.69. The molecule has 0 aromatic heterocycles. The number of unbranched alkanes of at least 4 members (excludes halogenated alkanes) is 3. The van der Waals surface area contributed by atoms with Gasteiger partial charge in [0.15, 0.2) is 0 Å². The Morgan fingerprint density at radius 2 is 2.00 bits per heavy atom. The van der Waals surface area contributed by atoms with Gasteiger partial charge in [0.05, 0.1) is 20.3 Å². The summed E-state index contributed by atoms with van der Waals surface area (Å²) in [6.07, 6.45) is 5.11. The van der Waals surface area contributed by atoms with Gasteiger partial charge in [-0.05, 0) is 24.6 Å². The summed E-state index contributed by atoms with van der Waals surface area (Å²) < 4.78 is 10.9. The minimum atomic E-state index is 0.266. The van der Waals surface area contributed by atoms with E-state index in [0.29, 0.717) is 6.54 Å². The quantitative estimate of drug-likeness (QED) is 0.748. The third kappa shape index (κ3) is 3.50. The van der Waals surface area contributed by atoms with Crippen LogP contribution in [-0.2, 0) is 6.54 Å². The first-order valence-electron chi connectivity index (χ1n) is 7.94. The van der Waals surface area contributed by atoms with Crippen LogP contribution in [0.15, 0.2) is 12.1 Å². The van der Waals surface area contributed by atoms with E-state index in [9.17, 15) is 0 Å². The van der Waals surface area contributed by atoms with E-state index in [1.54, 1.807) is 14.2 Å². The zero-order valence-corrected chi connectivity index (χ0v) is 13.5. The van der Waals surface area contributed by atoms with Gasteiger partial charge in [0.1, 0.15) is 11.5 Å². The standard InChI is InChI=1S/C17H28N2O2/c1-4-5-6-7-8-19-12-13-9-14(20-2)10-16(21-3)17(13)15(19)11-18/h9-10,15H,4-8,11-12,18H2,1-3H3. The van der Waals surface area contributed by atoms with Crippen LogP contribution in [0.2, 0.25) is 0 Å². The molecule has 0 fully saturated rings. The predicted molar refractivity (Wildman–Crippen MR) is 85.9 cm³/mol. The molecule has 0 amide bonds. The molecule has 21 heavy (non-hydrogen) atoms. The van der Waals surface area contributed by atoms with Crippen LogP contribution >= 0.6 is 0 Å². The van der Waals surface area contributed by atoms with Gasteiger partial charge < -0.3 is 15.2 Å². The Morgan fingerprint density at radius 1 is 1.19 bits per heavy atom. The van der Waals surface area contributed by atoms with Gasteiger partial charge in [-0.2, -0.15) is 0 Å². The first kappa shape index (κ1) is 16.1.